The molecule has 8 heteroatoms. The summed E-state index contributed by atoms with van der Waals surface area (Å²) in [4.78, 5) is 7.81. The van der Waals surface area contributed by atoms with Gasteiger partial charge in [0.1, 0.15) is 5.69 Å². The van der Waals surface area contributed by atoms with E-state index < -0.39 is 17.5 Å². The summed E-state index contributed by atoms with van der Waals surface area (Å²) in [6.45, 7) is 0. The van der Waals surface area contributed by atoms with Crippen molar-refractivity contribution in [2.24, 2.45) is 7.05 Å². The van der Waals surface area contributed by atoms with Crippen LogP contribution in [-0.4, -0.2) is 19.7 Å². The highest BCUT2D eigenvalue weighted by Gasteiger charge is 2.17. The lowest BCUT2D eigenvalue weighted by Crippen LogP contribution is -1.97. The van der Waals surface area contributed by atoms with Gasteiger partial charge in [-0.25, -0.2) is 22.8 Å². The molecule has 0 bridgehead atoms. The summed E-state index contributed by atoms with van der Waals surface area (Å²) in [6, 6.07) is 1.74. The Bertz CT molecular complexity index is 804. The van der Waals surface area contributed by atoms with Gasteiger partial charge in [0, 0.05) is 18.8 Å². The second-order valence-electron chi connectivity index (χ2n) is 4.19. The van der Waals surface area contributed by atoms with E-state index in [1.165, 1.54) is 10.9 Å². The Kier molecular flexibility index (Phi) is 2.60. The Morgan fingerprint density at radius 1 is 1.15 bits per heavy atom. The molecule has 0 radical (unpaired) electrons. The molecule has 1 aromatic carbocycles. The lowest BCUT2D eigenvalue weighted by molar-refractivity contribution is 0.447. The van der Waals surface area contributed by atoms with E-state index in [0.717, 1.165) is 12.1 Å². The fraction of sp³-hybridized carbons (Fsp3) is 0.0833. The Morgan fingerprint density at radius 2 is 1.80 bits per heavy atom. The molecule has 0 aliphatic carbocycles. The van der Waals surface area contributed by atoms with Gasteiger partial charge in [-0.05, 0) is 12.1 Å². The van der Waals surface area contributed by atoms with E-state index in [9.17, 15) is 13.2 Å². The first-order valence-electron chi connectivity index (χ1n) is 5.57. The summed E-state index contributed by atoms with van der Waals surface area (Å²) in [5.41, 5.74) is 6.24. The lowest BCUT2D eigenvalue weighted by atomic mass is 10.1. The number of halogens is 3. The van der Waals surface area contributed by atoms with Crippen LogP contribution in [0.15, 0.2) is 18.3 Å². The number of aromatic nitrogens is 4. The molecule has 0 amide bonds. The summed E-state index contributed by atoms with van der Waals surface area (Å²) in [7, 11) is 1.61. The van der Waals surface area contributed by atoms with Crippen LogP contribution in [-0.2, 0) is 7.05 Å². The maximum Gasteiger partial charge on any atom is 0.222 e. The van der Waals surface area contributed by atoms with Crippen LogP contribution in [0.4, 0.5) is 19.1 Å². The molecule has 0 aliphatic heterocycles. The van der Waals surface area contributed by atoms with E-state index in [1.807, 2.05) is 0 Å². The van der Waals surface area contributed by atoms with E-state index >= 15 is 0 Å². The van der Waals surface area contributed by atoms with Crippen LogP contribution in [0, 0.1) is 17.5 Å². The third kappa shape index (κ3) is 1.77. The second kappa shape index (κ2) is 4.19. The molecule has 0 unspecified atom stereocenters. The molecule has 0 fully saturated rings. The van der Waals surface area contributed by atoms with Gasteiger partial charge in [-0.2, -0.15) is 10.1 Å². The topological polar surface area (TPSA) is 69.6 Å². The normalized spacial score (nSPS) is 11.2. The largest absolute Gasteiger partial charge is 0.368 e. The molecule has 0 aliphatic rings. The molecule has 20 heavy (non-hydrogen) atoms. The fourth-order valence-electron chi connectivity index (χ4n) is 1.96. The number of rotatable bonds is 1. The van der Waals surface area contributed by atoms with Crippen molar-refractivity contribution in [2.45, 2.75) is 0 Å². The number of benzene rings is 1. The number of anilines is 1. The zero-order valence-corrected chi connectivity index (χ0v) is 10.2. The summed E-state index contributed by atoms with van der Waals surface area (Å²) >= 11 is 0. The smallest absolute Gasteiger partial charge is 0.222 e. The fourth-order valence-corrected chi connectivity index (χ4v) is 1.96. The van der Waals surface area contributed by atoms with Gasteiger partial charge in [-0.15, -0.1) is 0 Å². The summed E-state index contributed by atoms with van der Waals surface area (Å²) in [5, 5.41) is 4.58. The predicted octanol–water partition coefficient (Wildman–Crippen LogP) is 2.03. The van der Waals surface area contributed by atoms with Gasteiger partial charge in [0.05, 0.1) is 5.39 Å². The van der Waals surface area contributed by atoms with Crippen LogP contribution in [0.1, 0.15) is 0 Å². The zero-order valence-electron chi connectivity index (χ0n) is 10.2. The molecule has 2 N–H and O–H groups in total. The molecule has 5 nitrogen and oxygen atoms in total. The van der Waals surface area contributed by atoms with Crippen LogP contribution in [0.5, 0.6) is 0 Å². The maximum absolute atomic E-state index is 13.3. The van der Waals surface area contributed by atoms with E-state index in [2.05, 4.69) is 15.1 Å². The molecule has 2 heterocycles. The number of nitrogens with two attached hydrogens (primary N) is 1. The first kappa shape index (κ1) is 12.4. The minimum atomic E-state index is -1.52. The Hall–Kier alpha value is -2.64. The molecule has 0 atom stereocenters. The van der Waals surface area contributed by atoms with Crippen molar-refractivity contribution in [2.75, 3.05) is 5.73 Å². The number of hydrogen-bond donors (Lipinski definition) is 1. The SMILES string of the molecule is Cn1nc(-c2cc(F)c(F)c(F)c2)c2cnc(N)nc21. The lowest BCUT2D eigenvalue weighted by Gasteiger charge is -2.00. The quantitative estimate of drug-likeness (QED) is 0.692. The molecule has 2 aromatic heterocycles. The summed E-state index contributed by atoms with van der Waals surface area (Å²) < 4.78 is 41.0. The van der Waals surface area contributed by atoms with Gasteiger partial charge in [0.25, 0.3) is 0 Å². The summed E-state index contributed by atoms with van der Waals surface area (Å²) in [5.74, 6) is -4.02. The molecular formula is C12H8F3N5. The number of aryl methyl sites for hydroxylation is 1. The zero-order chi connectivity index (χ0) is 14.4. The number of nitrogens with zero attached hydrogens (tertiary/aromatic N) is 4. The van der Waals surface area contributed by atoms with Crippen LogP contribution in [0.25, 0.3) is 22.3 Å². The highest BCUT2D eigenvalue weighted by Crippen LogP contribution is 2.28. The monoisotopic (exact) mass is 279 g/mol. The maximum atomic E-state index is 13.3. The van der Waals surface area contributed by atoms with Gasteiger partial charge in [-0.1, -0.05) is 0 Å². The Labute approximate surface area is 110 Å². The molecule has 3 aromatic rings. The van der Waals surface area contributed by atoms with Crippen LogP contribution >= 0.6 is 0 Å². The molecule has 3 rings (SSSR count). The average Bonchev–Trinajstić information content (AvgIpc) is 2.72. The van der Waals surface area contributed by atoms with E-state index in [-0.39, 0.29) is 17.2 Å². The predicted molar refractivity (Wildman–Crippen MR) is 66.0 cm³/mol. The van der Waals surface area contributed by atoms with E-state index in [4.69, 9.17) is 5.73 Å². The molecule has 0 spiro atoms. The highest BCUT2D eigenvalue weighted by atomic mass is 19.2. The van der Waals surface area contributed by atoms with Crippen molar-refractivity contribution in [3.63, 3.8) is 0 Å². The number of fused-ring (bicyclic) bond motifs is 1. The Morgan fingerprint density at radius 3 is 2.45 bits per heavy atom. The van der Waals surface area contributed by atoms with Gasteiger partial charge >= 0.3 is 0 Å². The molecule has 0 saturated heterocycles. The van der Waals surface area contributed by atoms with Gasteiger partial charge in [-0.3, -0.25) is 0 Å². The van der Waals surface area contributed by atoms with Crippen LogP contribution < -0.4 is 5.73 Å². The van der Waals surface area contributed by atoms with Crippen molar-refractivity contribution in [1.82, 2.24) is 19.7 Å². The minimum Gasteiger partial charge on any atom is -0.368 e. The van der Waals surface area contributed by atoms with E-state index in [1.54, 1.807) is 7.05 Å². The first-order chi connectivity index (χ1) is 9.47. The van der Waals surface area contributed by atoms with Gasteiger partial charge < -0.3 is 5.73 Å². The third-order valence-electron chi connectivity index (χ3n) is 2.86. The van der Waals surface area contributed by atoms with Crippen molar-refractivity contribution in [3.05, 3.63) is 35.8 Å². The third-order valence-corrected chi connectivity index (χ3v) is 2.86. The molecular weight excluding hydrogens is 271 g/mol. The van der Waals surface area contributed by atoms with Gasteiger partial charge in [0.15, 0.2) is 23.1 Å². The number of nitrogen functional groups attached to an aromatic ring is 1. The van der Waals surface area contributed by atoms with Crippen molar-refractivity contribution in [1.29, 1.82) is 0 Å². The van der Waals surface area contributed by atoms with Crippen LogP contribution in [0.2, 0.25) is 0 Å². The second-order valence-corrected chi connectivity index (χ2v) is 4.19. The van der Waals surface area contributed by atoms with Gasteiger partial charge in [0.2, 0.25) is 5.95 Å². The van der Waals surface area contributed by atoms with Crippen molar-refractivity contribution < 1.29 is 13.2 Å². The minimum absolute atomic E-state index is 0.0588. The van der Waals surface area contributed by atoms with E-state index in [0.29, 0.717) is 11.0 Å². The van der Waals surface area contributed by atoms with Crippen molar-refractivity contribution in [3.8, 4) is 11.3 Å². The first-order valence-corrected chi connectivity index (χ1v) is 5.57. The Balaban J connectivity index is 2.30. The molecule has 102 valence electrons. The molecule has 0 saturated carbocycles. The van der Waals surface area contributed by atoms with Crippen LogP contribution in [0.3, 0.4) is 0 Å². The highest BCUT2D eigenvalue weighted by molar-refractivity contribution is 5.90. The van der Waals surface area contributed by atoms with Crippen molar-refractivity contribution >= 4 is 17.0 Å². The number of hydrogen-bond acceptors (Lipinski definition) is 4. The summed E-state index contributed by atoms with van der Waals surface area (Å²) in [6.07, 6.45) is 1.40. The standard InChI is InChI=1S/C12H8F3N5/c1-20-11-6(4-17-12(16)18-11)10(19-20)5-2-7(13)9(15)8(14)3-5/h2-4H,1H3,(H2,16,17,18). The average molecular weight is 279 g/mol.